The van der Waals surface area contributed by atoms with Gasteiger partial charge in [0.1, 0.15) is 24.3 Å². The maximum atomic E-state index is 11.7. The summed E-state index contributed by atoms with van der Waals surface area (Å²) in [6.45, 7) is 1.81. The van der Waals surface area contributed by atoms with Crippen molar-refractivity contribution < 1.29 is 38.6 Å². The quantitative estimate of drug-likeness (QED) is 0.179. The third-order valence-electron chi connectivity index (χ3n) is 5.09. The summed E-state index contributed by atoms with van der Waals surface area (Å²) >= 11 is 3.26. The van der Waals surface area contributed by atoms with Crippen LogP contribution in [0.5, 0.6) is 11.8 Å². The van der Waals surface area contributed by atoms with Gasteiger partial charge < -0.3 is 38.1 Å². The first-order chi connectivity index (χ1) is 19.3. The molecule has 2 N–H and O–H groups in total. The zero-order chi connectivity index (χ0) is 28.9. The third-order valence-corrected chi connectivity index (χ3v) is 5.53. The minimum atomic E-state index is -1.72. The number of imidazole rings is 2. The highest BCUT2D eigenvalue weighted by molar-refractivity contribution is 9.10. The Hall–Kier alpha value is -4.28. The van der Waals surface area contributed by atoms with Gasteiger partial charge in [-0.2, -0.15) is 0 Å². The van der Waals surface area contributed by atoms with Crippen LogP contribution in [0.25, 0.3) is 0 Å². The van der Waals surface area contributed by atoms with Crippen molar-refractivity contribution in [2.75, 3.05) is 27.4 Å². The molecule has 0 aliphatic carbocycles. The van der Waals surface area contributed by atoms with Crippen molar-refractivity contribution in [2.24, 2.45) is 0 Å². The molecule has 40 heavy (non-hydrogen) atoms. The molecule has 210 valence electrons. The zero-order valence-corrected chi connectivity index (χ0v) is 23.2. The average molecular weight is 617 g/mol. The molecule has 0 aliphatic rings. The van der Waals surface area contributed by atoms with E-state index in [9.17, 15) is 9.59 Å². The van der Waals surface area contributed by atoms with E-state index in [0.29, 0.717) is 29.7 Å². The van der Waals surface area contributed by atoms with Crippen molar-refractivity contribution in [1.29, 1.82) is 0 Å². The summed E-state index contributed by atoms with van der Waals surface area (Å²) in [5.41, 5.74) is 0.411. The van der Waals surface area contributed by atoms with Crippen LogP contribution >= 0.6 is 15.9 Å². The number of esters is 2. The second-order valence-corrected chi connectivity index (χ2v) is 8.70. The number of ether oxygens (including phenoxy) is 4. The molecule has 0 amide bonds. The Morgan fingerprint density at radius 3 is 1.80 bits per heavy atom. The summed E-state index contributed by atoms with van der Waals surface area (Å²) in [6.07, 6.45) is 13.1. The fourth-order valence-electron chi connectivity index (χ4n) is 3.11. The highest BCUT2D eigenvalue weighted by Crippen LogP contribution is 2.21. The SMILES string of the molecule is COC(=O)c1cc(B(O)O)cnc1OCCn1ccnc1.COC(=O)c1cc(Br)cnc1OCCn1ccnc1. The molecule has 0 saturated heterocycles. The third kappa shape index (κ3) is 8.89. The molecule has 0 unspecified atom stereocenters. The van der Waals surface area contributed by atoms with Crippen LogP contribution in [0, 0.1) is 0 Å². The van der Waals surface area contributed by atoms with Gasteiger partial charge in [0.15, 0.2) is 0 Å². The number of nitrogens with zero attached hydrogens (tertiary/aromatic N) is 6. The molecule has 0 aliphatic heterocycles. The Bertz CT molecular complexity index is 1370. The van der Waals surface area contributed by atoms with Gasteiger partial charge in [-0.3, -0.25) is 0 Å². The molecule has 0 aromatic carbocycles. The summed E-state index contributed by atoms with van der Waals surface area (Å²) in [7, 11) is 0.818. The molecule has 0 saturated carbocycles. The summed E-state index contributed by atoms with van der Waals surface area (Å²) in [6, 6.07) is 2.89. The number of rotatable bonds is 11. The summed E-state index contributed by atoms with van der Waals surface area (Å²) in [5.74, 6) is -0.810. The van der Waals surface area contributed by atoms with Gasteiger partial charge in [-0.1, -0.05) is 0 Å². The summed E-state index contributed by atoms with van der Waals surface area (Å²) < 4.78 is 24.6. The number of methoxy groups -OCH3 is 2. The lowest BCUT2D eigenvalue weighted by atomic mass is 9.81. The van der Waals surface area contributed by atoms with Crippen molar-refractivity contribution >= 4 is 40.4 Å². The fourth-order valence-corrected chi connectivity index (χ4v) is 3.44. The Kier molecular flexibility index (Phi) is 11.6. The van der Waals surface area contributed by atoms with E-state index in [0.717, 1.165) is 0 Å². The van der Waals surface area contributed by atoms with Crippen molar-refractivity contribution in [1.82, 2.24) is 29.1 Å². The van der Waals surface area contributed by atoms with E-state index in [-0.39, 0.29) is 29.4 Å². The van der Waals surface area contributed by atoms with Crippen LogP contribution < -0.4 is 14.9 Å². The minimum absolute atomic E-state index is 0.0359. The second kappa shape index (κ2) is 15.3. The number of aromatic nitrogens is 6. The Morgan fingerprint density at radius 2 is 1.35 bits per heavy atom. The maximum absolute atomic E-state index is 11.7. The highest BCUT2D eigenvalue weighted by Gasteiger charge is 2.20. The predicted octanol–water partition coefficient (Wildman–Crippen LogP) is 0.730. The lowest BCUT2D eigenvalue weighted by Gasteiger charge is -2.11. The summed E-state index contributed by atoms with van der Waals surface area (Å²) in [5, 5.41) is 18.2. The number of carbonyl (C=O) groups excluding carboxylic acids is 2. The molecule has 0 atom stereocenters. The normalized spacial score (nSPS) is 10.2. The molecule has 16 heteroatoms. The average Bonchev–Trinajstić information content (AvgIpc) is 3.68. The Labute approximate surface area is 237 Å². The van der Waals surface area contributed by atoms with Crippen molar-refractivity contribution in [3.63, 3.8) is 0 Å². The Balaban J connectivity index is 0.000000222. The van der Waals surface area contributed by atoms with E-state index in [2.05, 4.69) is 45.3 Å². The van der Waals surface area contributed by atoms with E-state index in [4.69, 9.17) is 19.5 Å². The molecule has 4 heterocycles. The van der Waals surface area contributed by atoms with Crippen LogP contribution in [0.3, 0.4) is 0 Å². The van der Waals surface area contributed by atoms with Gasteiger partial charge >= 0.3 is 19.1 Å². The molecule has 14 nitrogen and oxygen atoms in total. The Morgan fingerprint density at radius 1 is 0.850 bits per heavy atom. The van der Waals surface area contributed by atoms with Gasteiger partial charge in [0.05, 0.1) is 40.0 Å². The number of hydrogen-bond acceptors (Lipinski definition) is 12. The van der Waals surface area contributed by atoms with E-state index >= 15 is 0 Å². The molecule has 4 aromatic rings. The van der Waals surface area contributed by atoms with E-state index in [1.807, 2.05) is 15.3 Å². The molecular weight excluding hydrogens is 591 g/mol. The second-order valence-electron chi connectivity index (χ2n) is 7.78. The van der Waals surface area contributed by atoms with Crippen LogP contribution in [0.4, 0.5) is 0 Å². The van der Waals surface area contributed by atoms with Crippen LogP contribution in [0.2, 0.25) is 0 Å². The topological polar surface area (TPSA) is 173 Å². The number of halogens is 1. The minimum Gasteiger partial charge on any atom is -0.475 e. The monoisotopic (exact) mass is 616 g/mol. The largest absolute Gasteiger partial charge is 0.490 e. The standard InChI is InChI=1S/C12H14BN3O5.C12H12BrN3O3/c1-20-12(17)10-6-9(13(18)19)7-15-11(10)21-5-4-16-3-2-14-8-16;1-18-12(17)10-6-9(13)7-15-11(10)19-5-4-16-3-2-14-8-16/h2-3,6-8,18-19H,4-5H2,1H3;2-3,6-8H,4-5H2,1H3. The smallest absolute Gasteiger partial charge is 0.475 e. The van der Waals surface area contributed by atoms with Gasteiger partial charge in [0.25, 0.3) is 0 Å². The van der Waals surface area contributed by atoms with Gasteiger partial charge in [-0.05, 0) is 28.1 Å². The van der Waals surface area contributed by atoms with Gasteiger partial charge in [-0.15, -0.1) is 0 Å². The molecular formula is C24H26BBrN6O8. The van der Waals surface area contributed by atoms with Gasteiger partial charge in [-0.25, -0.2) is 29.5 Å². The number of hydrogen-bond donors (Lipinski definition) is 2. The predicted molar refractivity (Wildman–Crippen MR) is 144 cm³/mol. The van der Waals surface area contributed by atoms with E-state index in [1.165, 1.54) is 26.5 Å². The van der Waals surface area contributed by atoms with Crippen molar-refractivity contribution in [3.8, 4) is 11.8 Å². The molecule has 4 rings (SSSR count). The first kappa shape index (κ1) is 30.3. The van der Waals surface area contributed by atoms with Gasteiger partial charge in [0.2, 0.25) is 11.8 Å². The molecule has 0 fully saturated rings. The van der Waals surface area contributed by atoms with Crippen LogP contribution in [0.1, 0.15) is 20.7 Å². The lowest BCUT2D eigenvalue weighted by Crippen LogP contribution is -2.31. The lowest BCUT2D eigenvalue weighted by molar-refractivity contribution is 0.0585. The van der Waals surface area contributed by atoms with Crippen LogP contribution in [0.15, 0.2) is 66.4 Å². The first-order valence-electron chi connectivity index (χ1n) is 11.7. The van der Waals surface area contributed by atoms with E-state index in [1.54, 1.807) is 43.5 Å². The molecule has 4 aromatic heterocycles. The first-order valence-corrected chi connectivity index (χ1v) is 12.5. The molecule has 0 bridgehead atoms. The van der Waals surface area contributed by atoms with Crippen molar-refractivity contribution in [3.05, 3.63) is 77.6 Å². The van der Waals surface area contributed by atoms with Crippen LogP contribution in [-0.4, -0.2) is 85.6 Å². The molecule has 0 radical (unpaired) electrons. The number of pyridine rings is 2. The fraction of sp³-hybridized carbons (Fsp3) is 0.250. The van der Waals surface area contributed by atoms with E-state index < -0.39 is 19.1 Å². The molecule has 0 spiro atoms. The maximum Gasteiger partial charge on any atom is 0.490 e. The zero-order valence-electron chi connectivity index (χ0n) is 21.6. The van der Waals surface area contributed by atoms with Gasteiger partial charge in [0, 0.05) is 47.1 Å². The summed E-state index contributed by atoms with van der Waals surface area (Å²) in [4.78, 5) is 39.1. The highest BCUT2D eigenvalue weighted by atomic mass is 79.9. The van der Waals surface area contributed by atoms with Crippen LogP contribution in [-0.2, 0) is 22.6 Å². The number of carbonyl (C=O) groups is 2. The van der Waals surface area contributed by atoms with Crippen molar-refractivity contribution in [2.45, 2.75) is 13.1 Å².